The molecule has 6 nitrogen and oxygen atoms in total. The Morgan fingerprint density at radius 2 is 2.50 bits per heavy atom. The van der Waals surface area contributed by atoms with Gasteiger partial charge in [0.05, 0.1) is 0 Å². The van der Waals surface area contributed by atoms with Crippen molar-refractivity contribution in [2.75, 3.05) is 0 Å². The van der Waals surface area contributed by atoms with Gasteiger partial charge in [-0.15, -0.1) is 4.91 Å². The summed E-state index contributed by atoms with van der Waals surface area (Å²) < 4.78 is 0. The van der Waals surface area contributed by atoms with Crippen LogP contribution < -0.4 is 0 Å². The zero-order valence-electron chi connectivity index (χ0n) is 2.61. The van der Waals surface area contributed by atoms with E-state index < -0.39 is 0 Å². The van der Waals surface area contributed by atoms with E-state index in [1.54, 1.807) is 5.34 Å². The highest BCUT2D eigenvalue weighted by molar-refractivity contribution is 4.27. The van der Waals surface area contributed by atoms with Crippen LogP contribution in [0, 0.1) is 4.91 Å². The molecule has 0 saturated carbocycles. The van der Waals surface area contributed by atoms with E-state index in [-0.39, 0.29) is 0 Å². The number of nitrogens with zero attached hydrogens (tertiary/aromatic N) is 4. The average Bonchev–Trinajstić information content (AvgIpc) is 1.61. The molecular weight excluding hydrogens is 88.0 g/mol. The first-order chi connectivity index (χ1) is 2.91. The summed E-state index contributed by atoms with van der Waals surface area (Å²) in [6.45, 7) is 0. The molecule has 0 amide bonds. The Hall–Kier alpha value is -1.29. The van der Waals surface area contributed by atoms with Crippen LogP contribution in [-0.2, 0) is 4.94 Å². The van der Waals surface area contributed by atoms with E-state index in [2.05, 4.69) is 10.2 Å². The molecule has 6 heteroatoms. The normalized spacial score (nSPS) is 5.33. The average molecular weight is 88.0 g/mol. The summed E-state index contributed by atoms with van der Waals surface area (Å²) in [6.07, 6.45) is 0. The number of hydrogen-bond acceptors (Lipinski definition) is 4. The molecule has 0 N–H and O–H groups in total. The lowest BCUT2D eigenvalue weighted by Crippen LogP contribution is -1.52. The lowest BCUT2D eigenvalue weighted by atomic mass is 12.9. The predicted octanol–water partition coefficient (Wildman–Crippen LogP) is 0.910. The number of azide groups is 1. The van der Waals surface area contributed by atoms with Gasteiger partial charge in [0, 0.05) is 4.91 Å². The molecule has 0 spiro atoms. The molecule has 6 heavy (non-hydrogen) atoms. The summed E-state index contributed by atoms with van der Waals surface area (Å²) in [5, 5.41) is 4.05. The van der Waals surface area contributed by atoms with Crippen LogP contribution in [0.15, 0.2) is 10.6 Å². The van der Waals surface area contributed by atoms with Crippen LogP contribution in [0.1, 0.15) is 0 Å². The van der Waals surface area contributed by atoms with Crippen molar-refractivity contribution in [3.63, 3.8) is 0 Å². The molecule has 0 fully saturated rings. The van der Waals surface area contributed by atoms with Crippen LogP contribution >= 0.6 is 0 Å². The molecule has 0 unspecified atom stereocenters. The Bertz CT molecular complexity index is 79.5. The van der Waals surface area contributed by atoms with Gasteiger partial charge in [0.25, 0.3) is 0 Å². The first-order valence-electron chi connectivity index (χ1n) is 0.948. The second kappa shape index (κ2) is 3.71. The lowest BCUT2D eigenvalue weighted by Gasteiger charge is -1.63. The van der Waals surface area contributed by atoms with Gasteiger partial charge < -0.3 is 0 Å². The van der Waals surface area contributed by atoms with Crippen molar-refractivity contribution in [2.24, 2.45) is 10.6 Å². The lowest BCUT2D eigenvalue weighted by molar-refractivity contribution is 0.144. The minimum Gasteiger partial charge on any atom is -0.245 e. The fraction of sp³-hybridized carbons (Fsp3) is 0. The molecule has 0 bridgehead atoms. The van der Waals surface area contributed by atoms with Gasteiger partial charge in [0.2, 0.25) is 0 Å². The molecule has 0 aromatic rings. The van der Waals surface area contributed by atoms with E-state index in [9.17, 15) is 0 Å². The maximum absolute atomic E-state index is 8.83. The first kappa shape index (κ1) is 4.71. The molecule has 0 atom stereocenters. The van der Waals surface area contributed by atoms with E-state index in [1.165, 1.54) is 0 Å². The standard InChI is InChI=1S/N4O2/c1-2-3-6-4-5. The summed E-state index contributed by atoms with van der Waals surface area (Å²) >= 11 is 0. The topological polar surface area (TPSA) is 87.4 Å². The van der Waals surface area contributed by atoms with Crippen LogP contribution in [0.4, 0.5) is 0 Å². The van der Waals surface area contributed by atoms with E-state index in [1.807, 2.05) is 4.91 Å². The monoisotopic (exact) mass is 88.0 g/mol. The molecule has 0 aliphatic rings. The van der Waals surface area contributed by atoms with Crippen molar-refractivity contribution in [3.8, 4) is 0 Å². The second-order valence-electron chi connectivity index (χ2n) is 0.327. The van der Waals surface area contributed by atoms with Gasteiger partial charge in [-0.25, -0.2) is 4.94 Å². The highest BCUT2D eigenvalue weighted by atomic mass is 16.8. The van der Waals surface area contributed by atoms with Gasteiger partial charge >= 0.3 is 0 Å². The molecule has 0 aromatic carbocycles. The van der Waals surface area contributed by atoms with Crippen LogP contribution in [0.2, 0.25) is 0 Å². The van der Waals surface area contributed by atoms with Crippen molar-refractivity contribution in [2.45, 2.75) is 0 Å². The molecule has 0 aliphatic heterocycles. The fourth-order valence-electron chi connectivity index (χ4n) is 0.0312. The Labute approximate surface area is 32.2 Å². The smallest absolute Gasteiger partial charge is 0.168 e. The molecule has 32 valence electrons. The summed E-state index contributed by atoms with van der Waals surface area (Å²) in [7, 11) is 0. The Balaban J connectivity index is 3.07. The van der Waals surface area contributed by atoms with Gasteiger partial charge in [0.1, 0.15) is 5.28 Å². The number of rotatable bonds is 2. The van der Waals surface area contributed by atoms with Crippen molar-refractivity contribution < 1.29 is 4.94 Å². The molecular formula is N4O2. The summed E-state index contributed by atoms with van der Waals surface area (Å²) in [4.78, 5) is 14.1. The van der Waals surface area contributed by atoms with Crippen molar-refractivity contribution >= 4 is 0 Å². The third-order valence-electron chi connectivity index (χ3n) is 0.106. The second-order valence-corrected chi connectivity index (χ2v) is 0.327. The Kier molecular flexibility index (Phi) is 2.91. The SMILES string of the molecule is [N-]=[N+]=NON=O. The van der Waals surface area contributed by atoms with E-state index in [0.717, 1.165) is 0 Å². The minimum absolute atomic E-state index is 1.76. The summed E-state index contributed by atoms with van der Waals surface area (Å²) in [5.41, 5.74) is 7.33. The van der Waals surface area contributed by atoms with Crippen molar-refractivity contribution in [1.82, 2.24) is 0 Å². The fourth-order valence-corrected chi connectivity index (χ4v) is 0.0312. The first-order valence-corrected chi connectivity index (χ1v) is 0.948. The summed E-state index contributed by atoms with van der Waals surface area (Å²) in [5.74, 6) is 0. The molecule has 0 aromatic heterocycles. The molecule has 0 radical (unpaired) electrons. The molecule has 0 heterocycles. The third kappa shape index (κ3) is 2.71. The minimum atomic E-state index is 1.76. The largest absolute Gasteiger partial charge is 0.245 e. The van der Waals surface area contributed by atoms with Crippen molar-refractivity contribution in [3.05, 3.63) is 15.3 Å². The molecule has 0 saturated heterocycles. The highest BCUT2D eigenvalue weighted by Crippen LogP contribution is 1.71. The Morgan fingerprint density at radius 3 is 2.67 bits per heavy atom. The summed E-state index contributed by atoms with van der Waals surface area (Å²) in [6, 6.07) is 0. The van der Waals surface area contributed by atoms with Gasteiger partial charge in [-0.2, -0.15) is 0 Å². The Morgan fingerprint density at radius 1 is 1.83 bits per heavy atom. The highest BCUT2D eigenvalue weighted by Gasteiger charge is 1.60. The number of hydrogen-bond donors (Lipinski definition) is 0. The third-order valence-corrected chi connectivity index (χ3v) is 0.106. The van der Waals surface area contributed by atoms with Crippen LogP contribution in [0.3, 0.4) is 0 Å². The predicted molar refractivity (Wildman–Crippen MR) is 16.0 cm³/mol. The van der Waals surface area contributed by atoms with Crippen LogP contribution in [0.5, 0.6) is 0 Å². The van der Waals surface area contributed by atoms with Crippen molar-refractivity contribution in [1.29, 1.82) is 0 Å². The van der Waals surface area contributed by atoms with Gasteiger partial charge in [-0.05, 0) is 5.53 Å². The maximum Gasteiger partial charge on any atom is 0.168 e. The van der Waals surface area contributed by atoms with E-state index >= 15 is 0 Å². The van der Waals surface area contributed by atoms with E-state index in [0.29, 0.717) is 0 Å². The molecule has 0 rings (SSSR count). The van der Waals surface area contributed by atoms with Gasteiger partial charge in [-0.1, -0.05) is 0 Å². The maximum atomic E-state index is 8.83. The zero-order chi connectivity index (χ0) is 4.83. The van der Waals surface area contributed by atoms with Crippen LogP contribution in [0.25, 0.3) is 10.4 Å². The quantitative estimate of drug-likeness (QED) is 0.165. The van der Waals surface area contributed by atoms with Gasteiger partial charge in [0.15, 0.2) is 5.34 Å². The van der Waals surface area contributed by atoms with Crippen LogP contribution in [-0.4, -0.2) is 0 Å². The molecule has 0 aliphatic carbocycles. The van der Waals surface area contributed by atoms with Gasteiger partial charge in [-0.3, -0.25) is 0 Å². The zero-order valence-corrected chi connectivity index (χ0v) is 2.61. The van der Waals surface area contributed by atoms with E-state index in [4.69, 9.17) is 10.4 Å².